The molecule has 0 saturated heterocycles. The Hall–Kier alpha value is -1.78. The average molecular weight is 313 g/mol. The second-order valence-corrected chi connectivity index (χ2v) is 5.01. The van der Waals surface area contributed by atoms with Crippen LogP contribution < -0.4 is 11.1 Å². The smallest absolute Gasteiger partial charge is 0.244 e. The molecule has 0 aromatic heterocycles. The Morgan fingerprint density at radius 2 is 1.95 bits per heavy atom. The first-order chi connectivity index (χ1) is 9.47. The summed E-state index contributed by atoms with van der Waals surface area (Å²) in [6.45, 7) is 0. The summed E-state index contributed by atoms with van der Waals surface area (Å²) in [6, 6.07) is 10.0. The number of carbonyl (C=O) groups excluding carboxylic acids is 1. The summed E-state index contributed by atoms with van der Waals surface area (Å²) < 4.78 is 13.5. The number of benzene rings is 2. The zero-order chi connectivity index (χ0) is 14.7. The van der Waals surface area contributed by atoms with Gasteiger partial charge in [-0.25, -0.2) is 4.39 Å². The standard InChI is InChI=1S/C14H11Cl2FN2O/c15-9-2-1-3-10(7-9)19-13(14(18)20)8-4-5-11(16)12(17)6-8/h1-7,13,19H,(H2,18,20). The molecule has 3 nitrogen and oxygen atoms in total. The lowest BCUT2D eigenvalue weighted by atomic mass is 10.1. The van der Waals surface area contributed by atoms with Gasteiger partial charge < -0.3 is 11.1 Å². The molecule has 2 rings (SSSR count). The maximum atomic E-state index is 13.5. The Morgan fingerprint density at radius 1 is 1.20 bits per heavy atom. The van der Waals surface area contributed by atoms with Crippen molar-refractivity contribution in [2.24, 2.45) is 5.73 Å². The van der Waals surface area contributed by atoms with E-state index in [-0.39, 0.29) is 5.02 Å². The third-order valence-corrected chi connectivity index (χ3v) is 3.24. The van der Waals surface area contributed by atoms with Crippen LogP contribution >= 0.6 is 23.2 Å². The van der Waals surface area contributed by atoms with Crippen LogP contribution in [0.15, 0.2) is 42.5 Å². The molecular weight excluding hydrogens is 302 g/mol. The SMILES string of the molecule is NC(=O)C(Nc1cccc(Cl)c1)c1ccc(Cl)c(F)c1. The number of primary amides is 1. The Kier molecular flexibility index (Phi) is 4.47. The summed E-state index contributed by atoms with van der Waals surface area (Å²) in [5.74, 6) is -1.24. The number of carbonyl (C=O) groups is 1. The summed E-state index contributed by atoms with van der Waals surface area (Å²) in [4.78, 5) is 11.6. The molecule has 1 unspecified atom stereocenters. The first kappa shape index (κ1) is 14.6. The van der Waals surface area contributed by atoms with Crippen molar-refractivity contribution in [3.05, 3.63) is 63.9 Å². The zero-order valence-electron chi connectivity index (χ0n) is 10.2. The van der Waals surface area contributed by atoms with Gasteiger partial charge in [-0.1, -0.05) is 35.3 Å². The maximum Gasteiger partial charge on any atom is 0.244 e. The number of nitrogens with one attached hydrogen (secondary N) is 1. The van der Waals surface area contributed by atoms with E-state index in [1.807, 2.05) is 0 Å². The Labute approximate surface area is 125 Å². The van der Waals surface area contributed by atoms with E-state index in [1.165, 1.54) is 12.1 Å². The molecule has 0 saturated carbocycles. The largest absolute Gasteiger partial charge is 0.370 e. The lowest BCUT2D eigenvalue weighted by Gasteiger charge is -2.17. The fourth-order valence-corrected chi connectivity index (χ4v) is 2.06. The summed E-state index contributed by atoms with van der Waals surface area (Å²) in [7, 11) is 0. The monoisotopic (exact) mass is 312 g/mol. The van der Waals surface area contributed by atoms with Gasteiger partial charge in [0.05, 0.1) is 5.02 Å². The van der Waals surface area contributed by atoms with Gasteiger partial charge in [-0.05, 0) is 35.9 Å². The van der Waals surface area contributed by atoms with E-state index >= 15 is 0 Å². The number of nitrogens with two attached hydrogens (primary N) is 1. The summed E-state index contributed by atoms with van der Waals surface area (Å²) >= 11 is 11.5. The van der Waals surface area contributed by atoms with Crippen molar-refractivity contribution < 1.29 is 9.18 Å². The number of anilines is 1. The fraction of sp³-hybridized carbons (Fsp3) is 0.0714. The van der Waals surface area contributed by atoms with Crippen LogP contribution in [0.4, 0.5) is 10.1 Å². The topological polar surface area (TPSA) is 55.1 Å². The summed E-state index contributed by atoms with van der Waals surface area (Å²) in [5.41, 5.74) is 6.35. The van der Waals surface area contributed by atoms with Crippen LogP contribution in [-0.4, -0.2) is 5.91 Å². The molecule has 0 aliphatic rings. The molecule has 3 N–H and O–H groups in total. The van der Waals surface area contributed by atoms with Gasteiger partial charge in [-0.15, -0.1) is 0 Å². The highest BCUT2D eigenvalue weighted by atomic mass is 35.5. The third kappa shape index (κ3) is 3.40. The average Bonchev–Trinajstić information content (AvgIpc) is 2.39. The van der Waals surface area contributed by atoms with Crippen LogP contribution in [0.5, 0.6) is 0 Å². The van der Waals surface area contributed by atoms with Crippen LogP contribution in [-0.2, 0) is 4.79 Å². The highest BCUT2D eigenvalue weighted by Crippen LogP contribution is 2.24. The van der Waals surface area contributed by atoms with E-state index in [0.29, 0.717) is 16.3 Å². The molecule has 2 aromatic rings. The van der Waals surface area contributed by atoms with Crippen LogP contribution in [0.2, 0.25) is 10.0 Å². The molecular formula is C14H11Cl2FN2O. The fourth-order valence-electron chi connectivity index (χ4n) is 1.76. The maximum absolute atomic E-state index is 13.5. The predicted octanol–water partition coefficient (Wildman–Crippen LogP) is 3.77. The normalized spacial score (nSPS) is 11.9. The molecule has 0 aliphatic heterocycles. The van der Waals surface area contributed by atoms with E-state index in [9.17, 15) is 9.18 Å². The first-order valence-corrected chi connectivity index (χ1v) is 6.49. The minimum atomic E-state index is -0.875. The third-order valence-electron chi connectivity index (χ3n) is 2.70. The second-order valence-electron chi connectivity index (χ2n) is 4.16. The van der Waals surface area contributed by atoms with Gasteiger partial charge in [0.15, 0.2) is 0 Å². The van der Waals surface area contributed by atoms with E-state index in [2.05, 4.69) is 5.32 Å². The van der Waals surface area contributed by atoms with Crippen molar-refractivity contribution in [2.75, 3.05) is 5.32 Å². The molecule has 6 heteroatoms. The summed E-state index contributed by atoms with van der Waals surface area (Å²) in [6.07, 6.45) is 0. The van der Waals surface area contributed by atoms with Crippen molar-refractivity contribution in [2.45, 2.75) is 6.04 Å². The van der Waals surface area contributed by atoms with Gasteiger partial charge in [-0.2, -0.15) is 0 Å². The molecule has 1 amide bonds. The Bertz CT molecular complexity index is 649. The van der Waals surface area contributed by atoms with Gasteiger partial charge in [0.25, 0.3) is 0 Å². The molecule has 20 heavy (non-hydrogen) atoms. The number of halogens is 3. The van der Waals surface area contributed by atoms with E-state index in [1.54, 1.807) is 30.3 Å². The Balaban J connectivity index is 2.32. The lowest BCUT2D eigenvalue weighted by molar-refractivity contribution is -0.118. The van der Waals surface area contributed by atoms with Gasteiger partial charge in [0.2, 0.25) is 5.91 Å². The van der Waals surface area contributed by atoms with Gasteiger partial charge in [0, 0.05) is 10.7 Å². The molecule has 0 bridgehead atoms. The van der Waals surface area contributed by atoms with Crippen molar-refractivity contribution in [1.82, 2.24) is 0 Å². The van der Waals surface area contributed by atoms with Gasteiger partial charge in [0.1, 0.15) is 11.9 Å². The second kappa shape index (κ2) is 6.11. The molecule has 0 aliphatic carbocycles. The molecule has 104 valence electrons. The van der Waals surface area contributed by atoms with Crippen molar-refractivity contribution in [1.29, 1.82) is 0 Å². The first-order valence-electron chi connectivity index (χ1n) is 5.74. The zero-order valence-corrected chi connectivity index (χ0v) is 11.8. The molecule has 0 heterocycles. The van der Waals surface area contributed by atoms with Crippen LogP contribution in [0.1, 0.15) is 11.6 Å². The molecule has 1 atom stereocenters. The molecule has 2 aromatic carbocycles. The Morgan fingerprint density at radius 3 is 2.55 bits per heavy atom. The highest BCUT2D eigenvalue weighted by Gasteiger charge is 2.19. The van der Waals surface area contributed by atoms with E-state index < -0.39 is 17.8 Å². The van der Waals surface area contributed by atoms with Crippen molar-refractivity contribution >= 4 is 34.8 Å². The van der Waals surface area contributed by atoms with Gasteiger partial charge >= 0.3 is 0 Å². The van der Waals surface area contributed by atoms with Crippen molar-refractivity contribution in [3.8, 4) is 0 Å². The minimum absolute atomic E-state index is 0.0141. The van der Waals surface area contributed by atoms with Crippen LogP contribution in [0.3, 0.4) is 0 Å². The molecule has 0 radical (unpaired) electrons. The number of rotatable bonds is 4. The van der Waals surface area contributed by atoms with E-state index in [0.717, 1.165) is 0 Å². The minimum Gasteiger partial charge on any atom is -0.370 e. The number of amides is 1. The highest BCUT2D eigenvalue weighted by molar-refractivity contribution is 6.31. The number of hydrogen-bond acceptors (Lipinski definition) is 2. The van der Waals surface area contributed by atoms with Crippen LogP contribution in [0, 0.1) is 5.82 Å². The van der Waals surface area contributed by atoms with E-state index in [4.69, 9.17) is 28.9 Å². The lowest BCUT2D eigenvalue weighted by Crippen LogP contribution is -2.27. The van der Waals surface area contributed by atoms with Gasteiger partial charge in [-0.3, -0.25) is 4.79 Å². The van der Waals surface area contributed by atoms with Crippen LogP contribution in [0.25, 0.3) is 0 Å². The molecule has 0 fully saturated rings. The molecule has 0 spiro atoms. The number of hydrogen-bond donors (Lipinski definition) is 2. The summed E-state index contributed by atoms with van der Waals surface area (Å²) in [5, 5.41) is 3.41. The predicted molar refractivity (Wildman–Crippen MR) is 78.4 cm³/mol. The van der Waals surface area contributed by atoms with Crippen molar-refractivity contribution in [3.63, 3.8) is 0 Å². The quantitative estimate of drug-likeness (QED) is 0.903.